The molecule has 140 valence electrons. The van der Waals surface area contributed by atoms with Crippen LogP contribution >= 0.6 is 0 Å². The second-order valence-corrected chi connectivity index (χ2v) is 12.6. The maximum absolute atomic E-state index is 9.12. The first-order valence-corrected chi connectivity index (χ1v) is 12.6. The topological polar surface area (TPSA) is 29.5 Å². The minimum absolute atomic E-state index is 0.163. The molecule has 0 aromatic heterocycles. The highest BCUT2D eigenvalue weighted by molar-refractivity contribution is 6.73. The molecular formula is C21H40O2Si. The lowest BCUT2D eigenvalue weighted by atomic mass is 9.76. The smallest absolute Gasteiger partial charge is 0.192 e. The van der Waals surface area contributed by atoms with E-state index in [0.29, 0.717) is 12.0 Å². The molecule has 0 bridgehead atoms. The molecule has 3 heteroatoms. The van der Waals surface area contributed by atoms with Gasteiger partial charge in [0.1, 0.15) is 0 Å². The van der Waals surface area contributed by atoms with Gasteiger partial charge in [0.25, 0.3) is 0 Å². The van der Waals surface area contributed by atoms with Crippen molar-refractivity contribution in [2.75, 3.05) is 6.61 Å². The fourth-order valence-electron chi connectivity index (χ4n) is 4.00. The summed E-state index contributed by atoms with van der Waals surface area (Å²) in [5.41, 5.74) is 2.42. The molecular weight excluding hydrogens is 312 g/mol. The fourth-order valence-corrected chi connectivity index (χ4v) is 6.90. The van der Waals surface area contributed by atoms with Crippen molar-refractivity contribution >= 4 is 8.32 Å². The second-order valence-electron chi connectivity index (χ2n) is 7.83. The molecule has 1 aliphatic rings. The number of aliphatic hydroxyl groups excluding tert-OH is 1. The first kappa shape index (κ1) is 21.7. The lowest BCUT2D eigenvalue weighted by Gasteiger charge is -2.42. The number of allylic oxidation sites excluding steroid dienone is 1. The average Bonchev–Trinajstić information content (AvgIpc) is 2.59. The van der Waals surface area contributed by atoms with E-state index in [2.05, 4.69) is 40.3 Å². The van der Waals surface area contributed by atoms with Crippen LogP contribution in [0.1, 0.15) is 66.7 Å². The van der Waals surface area contributed by atoms with Crippen LogP contribution in [0.3, 0.4) is 0 Å². The zero-order valence-electron chi connectivity index (χ0n) is 16.7. The number of hydrogen-bond donors (Lipinski definition) is 1. The number of rotatable bonds is 10. The summed E-state index contributed by atoms with van der Waals surface area (Å²) in [6, 6.07) is 3.67. The Bertz CT molecular complexity index is 404. The molecule has 3 atom stereocenters. The van der Waals surface area contributed by atoms with Gasteiger partial charge in [-0.05, 0) is 63.1 Å². The molecule has 0 aromatic rings. The minimum Gasteiger partial charge on any atom is -0.413 e. The number of aliphatic hydroxyl groups is 1. The van der Waals surface area contributed by atoms with E-state index in [0.717, 1.165) is 24.3 Å². The predicted octanol–water partition coefficient (Wildman–Crippen LogP) is 6.09. The van der Waals surface area contributed by atoms with Crippen LogP contribution in [0.15, 0.2) is 23.8 Å². The van der Waals surface area contributed by atoms with Gasteiger partial charge >= 0.3 is 0 Å². The molecule has 1 fully saturated rings. The van der Waals surface area contributed by atoms with Crippen LogP contribution in [-0.2, 0) is 4.43 Å². The maximum Gasteiger partial charge on any atom is 0.192 e. The lowest BCUT2D eigenvalue weighted by Crippen LogP contribution is -2.44. The van der Waals surface area contributed by atoms with Crippen LogP contribution in [0.2, 0.25) is 18.1 Å². The summed E-state index contributed by atoms with van der Waals surface area (Å²) in [5, 5.41) is 9.12. The molecule has 1 N–H and O–H groups in total. The highest BCUT2D eigenvalue weighted by Crippen LogP contribution is 2.39. The van der Waals surface area contributed by atoms with Gasteiger partial charge in [0, 0.05) is 5.92 Å². The van der Waals surface area contributed by atoms with Gasteiger partial charge in [-0.3, -0.25) is 0 Å². The monoisotopic (exact) mass is 352 g/mol. The first-order valence-electron chi connectivity index (χ1n) is 10.0. The molecule has 0 saturated heterocycles. The van der Waals surface area contributed by atoms with Gasteiger partial charge in [0.15, 0.2) is 8.32 Å². The highest BCUT2D eigenvalue weighted by atomic mass is 28.4. The van der Waals surface area contributed by atoms with E-state index in [1.807, 2.05) is 6.92 Å². The Kier molecular flexibility index (Phi) is 9.54. The van der Waals surface area contributed by atoms with Crippen molar-refractivity contribution in [1.82, 2.24) is 0 Å². The van der Waals surface area contributed by atoms with Crippen molar-refractivity contribution in [3.8, 4) is 0 Å². The van der Waals surface area contributed by atoms with Crippen molar-refractivity contribution in [3.05, 3.63) is 23.8 Å². The van der Waals surface area contributed by atoms with Gasteiger partial charge in [-0.2, -0.15) is 0 Å². The molecule has 1 saturated carbocycles. The molecule has 0 aliphatic heterocycles. The molecule has 1 rings (SSSR count). The molecule has 0 aromatic carbocycles. The Morgan fingerprint density at radius 1 is 1.21 bits per heavy atom. The molecule has 0 unspecified atom stereocenters. The summed E-state index contributed by atoms with van der Waals surface area (Å²) >= 11 is 0. The molecule has 0 radical (unpaired) electrons. The van der Waals surface area contributed by atoms with Crippen LogP contribution < -0.4 is 0 Å². The summed E-state index contributed by atoms with van der Waals surface area (Å²) in [5.74, 6) is 1.30. The Hall–Kier alpha value is -0.383. The third kappa shape index (κ3) is 6.16. The summed E-state index contributed by atoms with van der Waals surface area (Å²) < 4.78 is 6.90. The van der Waals surface area contributed by atoms with Crippen LogP contribution in [0.4, 0.5) is 0 Å². The molecule has 0 heterocycles. The van der Waals surface area contributed by atoms with Crippen LogP contribution in [-0.4, -0.2) is 26.1 Å². The lowest BCUT2D eigenvalue weighted by molar-refractivity contribution is 0.0756. The summed E-state index contributed by atoms with van der Waals surface area (Å²) in [6.45, 7) is 15.9. The zero-order valence-corrected chi connectivity index (χ0v) is 17.7. The van der Waals surface area contributed by atoms with E-state index >= 15 is 0 Å². The van der Waals surface area contributed by atoms with E-state index in [-0.39, 0.29) is 6.61 Å². The second kappa shape index (κ2) is 10.6. The summed E-state index contributed by atoms with van der Waals surface area (Å²) in [7, 11) is -1.56. The molecule has 1 aliphatic carbocycles. The Labute approximate surface area is 151 Å². The van der Waals surface area contributed by atoms with E-state index in [1.165, 1.54) is 43.0 Å². The number of hydrogen-bond acceptors (Lipinski definition) is 2. The van der Waals surface area contributed by atoms with Gasteiger partial charge in [0.05, 0.1) is 12.7 Å². The Morgan fingerprint density at radius 3 is 2.38 bits per heavy atom. The van der Waals surface area contributed by atoms with Gasteiger partial charge in [0.2, 0.25) is 0 Å². The van der Waals surface area contributed by atoms with Crippen LogP contribution in [0, 0.1) is 11.8 Å². The summed E-state index contributed by atoms with van der Waals surface area (Å²) in [6.07, 6.45) is 8.27. The van der Waals surface area contributed by atoms with E-state index in [4.69, 9.17) is 9.53 Å². The van der Waals surface area contributed by atoms with Crippen LogP contribution in [0.5, 0.6) is 0 Å². The Balaban J connectivity index is 2.76. The first-order chi connectivity index (χ1) is 11.4. The highest BCUT2D eigenvalue weighted by Gasteiger charge is 2.38. The van der Waals surface area contributed by atoms with Crippen molar-refractivity contribution in [2.45, 2.75) is 91.0 Å². The van der Waals surface area contributed by atoms with E-state index in [9.17, 15) is 0 Å². The SMILES string of the molecule is C=C(CC/C=C(/C)CO)[C@@H]1CC[C@@H](C)C[C@H]1O[Si](CC)(CC)CC. The Morgan fingerprint density at radius 2 is 1.83 bits per heavy atom. The molecule has 0 spiro atoms. The average molecular weight is 353 g/mol. The minimum atomic E-state index is -1.56. The van der Waals surface area contributed by atoms with Gasteiger partial charge < -0.3 is 9.53 Å². The van der Waals surface area contributed by atoms with Gasteiger partial charge in [-0.15, -0.1) is 0 Å². The quantitative estimate of drug-likeness (QED) is 0.381. The normalized spacial score (nSPS) is 25.8. The third-order valence-electron chi connectivity index (χ3n) is 6.12. The largest absolute Gasteiger partial charge is 0.413 e. The van der Waals surface area contributed by atoms with Crippen molar-refractivity contribution in [1.29, 1.82) is 0 Å². The predicted molar refractivity (Wildman–Crippen MR) is 108 cm³/mol. The standard InChI is InChI=1S/C21H40O2Si/c1-7-24(8-2,9-3)23-21-15-17(4)13-14-20(21)19(6)12-10-11-18(5)16-22/h11,17,20-22H,6-10,12-16H2,1-5H3/b18-11-/t17-,20+,21-/m1/s1. The van der Waals surface area contributed by atoms with Crippen molar-refractivity contribution < 1.29 is 9.53 Å². The maximum atomic E-state index is 9.12. The fraction of sp³-hybridized carbons (Fsp3) is 0.810. The molecule has 0 amide bonds. The molecule has 24 heavy (non-hydrogen) atoms. The third-order valence-corrected chi connectivity index (χ3v) is 10.8. The van der Waals surface area contributed by atoms with Crippen LogP contribution in [0.25, 0.3) is 0 Å². The van der Waals surface area contributed by atoms with E-state index < -0.39 is 8.32 Å². The van der Waals surface area contributed by atoms with E-state index in [1.54, 1.807) is 0 Å². The van der Waals surface area contributed by atoms with Crippen molar-refractivity contribution in [2.24, 2.45) is 11.8 Å². The molecule has 2 nitrogen and oxygen atoms in total. The van der Waals surface area contributed by atoms with Crippen molar-refractivity contribution in [3.63, 3.8) is 0 Å². The zero-order chi connectivity index (χ0) is 18.2. The van der Waals surface area contributed by atoms with Gasteiger partial charge in [-0.1, -0.05) is 51.5 Å². The summed E-state index contributed by atoms with van der Waals surface area (Å²) in [4.78, 5) is 0. The van der Waals surface area contributed by atoms with Gasteiger partial charge in [-0.25, -0.2) is 0 Å².